The summed E-state index contributed by atoms with van der Waals surface area (Å²) in [5.41, 5.74) is 0. The Balaban J connectivity index is 1.20. The van der Waals surface area contributed by atoms with Gasteiger partial charge in [0.25, 0.3) is 0 Å². The highest BCUT2D eigenvalue weighted by Crippen LogP contribution is 2.36. The topological polar surface area (TPSA) is 474 Å². The van der Waals surface area contributed by atoms with Crippen LogP contribution in [0.3, 0.4) is 0 Å². The molecule has 0 radical (unpaired) electrons. The van der Waals surface area contributed by atoms with Crippen molar-refractivity contribution >= 4 is 11.8 Å². The number of unbranched alkanes of at least 4 members (excludes halogenated alkanes) is 25. The van der Waals surface area contributed by atoms with E-state index < -0.39 is 211 Å². The van der Waals surface area contributed by atoms with Crippen LogP contribution in [0.4, 0.5) is 0 Å². The normalized spacial score (nSPS) is 36.1. The maximum atomic E-state index is 13.5. The van der Waals surface area contributed by atoms with Crippen LogP contribution in [0.2, 0.25) is 0 Å². The molecule has 2 amide bonds. The summed E-state index contributed by atoms with van der Waals surface area (Å²) in [4.78, 5) is 26.2. The molecule has 30 nitrogen and oxygen atoms in total. The van der Waals surface area contributed by atoms with Crippen molar-refractivity contribution in [1.29, 1.82) is 0 Å². The van der Waals surface area contributed by atoms with E-state index in [9.17, 15) is 91.3 Å². The molecule has 574 valence electrons. The van der Waals surface area contributed by atoms with Crippen LogP contribution in [0.25, 0.3) is 0 Å². The van der Waals surface area contributed by atoms with E-state index in [4.69, 9.17) is 47.4 Å². The van der Waals surface area contributed by atoms with Crippen molar-refractivity contribution in [3.05, 3.63) is 12.2 Å². The number of hydrogen-bond acceptors (Lipinski definition) is 28. The van der Waals surface area contributed by atoms with Crippen LogP contribution in [0.15, 0.2) is 12.2 Å². The van der Waals surface area contributed by atoms with Gasteiger partial charge in [0.05, 0.1) is 51.8 Å². The van der Waals surface area contributed by atoms with Crippen molar-refractivity contribution in [2.24, 2.45) is 0 Å². The van der Waals surface area contributed by atoms with E-state index in [-0.39, 0.29) is 12.3 Å². The first kappa shape index (κ1) is 86.3. The molecule has 10 unspecified atom stereocenters. The molecule has 0 aromatic carbocycles. The minimum absolute atomic E-state index is 0.194. The second-order valence-corrected chi connectivity index (χ2v) is 27.1. The SMILES string of the molecule is CCCCCCCCCCCCC/C=C/[C@@H](O)[C@H](CO[C@@H]1OC(CO)[C@@H](O[C@@H]2OC(CO)[C@H](O)[C@H](O[C@@H]3OC(CO)[C@@H](O[C@@H]4OC(CO)[C@H](O[C@@H]5OC(CO)[C@H](O)[C@H](O)C5O)[C@H](O)C4O)[C@H](O)C3NC(C)=O)C2O)[C@H](O)C1O)NC(=O)CCCCCCCCCCCCCCCCC. The highest BCUT2D eigenvalue weighted by atomic mass is 16.8. The zero-order valence-corrected chi connectivity index (χ0v) is 57.8. The number of hydrogen-bond donors (Lipinski definition) is 18. The lowest BCUT2D eigenvalue weighted by Crippen LogP contribution is -2.70. The minimum atomic E-state index is -2.14. The summed E-state index contributed by atoms with van der Waals surface area (Å²) in [6, 6.07) is -2.80. The fraction of sp³-hybridized carbons (Fsp3) is 0.941. The number of rotatable bonds is 48. The van der Waals surface area contributed by atoms with Gasteiger partial charge in [0.1, 0.15) is 122 Å². The monoisotopic (exact) mass is 1420 g/mol. The maximum Gasteiger partial charge on any atom is 0.220 e. The lowest BCUT2D eigenvalue weighted by molar-refractivity contribution is -0.386. The zero-order valence-electron chi connectivity index (χ0n) is 57.8. The molecule has 0 aromatic heterocycles. The number of allylic oxidation sites excluding steroid dienone is 1. The Morgan fingerprint density at radius 1 is 0.398 bits per heavy atom. The van der Waals surface area contributed by atoms with Crippen LogP contribution in [0.1, 0.15) is 201 Å². The van der Waals surface area contributed by atoms with Crippen molar-refractivity contribution in [3.8, 4) is 0 Å². The Morgan fingerprint density at radius 2 is 0.755 bits per heavy atom. The number of nitrogens with one attached hydrogen (secondary N) is 2. The third-order valence-electron chi connectivity index (χ3n) is 19.2. The molecule has 0 aliphatic carbocycles. The zero-order chi connectivity index (χ0) is 71.7. The first-order chi connectivity index (χ1) is 47.2. The van der Waals surface area contributed by atoms with Crippen LogP contribution in [0, 0.1) is 0 Å². The summed E-state index contributed by atoms with van der Waals surface area (Å²) in [5.74, 6) is -1.15. The van der Waals surface area contributed by atoms with E-state index in [2.05, 4.69) is 24.5 Å². The summed E-state index contributed by atoms with van der Waals surface area (Å²) in [7, 11) is 0. The third-order valence-corrected chi connectivity index (χ3v) is 19.2. The van der Waals surface area contributed by atoms with Gasteiger partial charge in [-0.3, -0.25) is 9.59 Å². The Kier molecular flexibility index (Phi) is 41.5. The third kappa shape index (κ3) is 27.0. The van der Waals surface area contributed by atoms with Gasteiger partial charge in [-0.15, -0.1) is 0 Å². The van der Waals surface area contributed by atoms with E-state index in [0.717, 1.165) is 51.9 Å². The van der Waals surface area contributed by atoms with Crippen LogP contribution in [-0.4, -0.2) is 299 Å². The Labute approximate surface area is 577 Å². The summed E-state index contributed by atoms with van der Waals surface area (Å²) >= 11 is 0. The van der Waals surface area contributed by atoms with Gasteiger partial charge in [0, 0.05) is 13.3 Å². The quantitative estimate of drug-likeness (QED) is 0.0272. The summed E-state index contributed by atoms with van der Waals surface area (Å²) in [6.07, 6.45) is -11.0. The maximum absolute atomic E-state index is 13.5. The summed E-state index contributed by atoms with van der Waals surface area (Å²) in [6.45, 7) is 0.374. The van der Waals surface area contributed by atoms with Gasteiger partial charge in [0.2, 0.25) is 11.8 Å². The smallest absolute Gasteiger partial charge is 0.220 e. The van der Waals surface area contributed by atoms with Crippen LogP contribution in [-0.2, 0) is 57.0 Å². The molecule has 0 bridgehead atoms. The second kappa shape index (κ2) is 47.2. The molecular formula is C68H124N2O28. The summed E-state index contributed by atoms with van der Waals surface area (Å²) < 4.78 is 58.2. The van der Waals surface area contributed by atoms with Gasteiger partial charge < -0.3 is 140 Å². The number of ether oxygens (including phenoxy) is 10. The van der Waals surface area contributed by atoms with Crippen molar-refractivity contribution in [2.45, 2.75) is 366 Å². The van der Waals surface area contributed by atoms with E-state index in [0.29, 0.717) is 12.8 Å². The average Bonchev–Trinajstić information content (AvgIpc) is 0.779. The van der Waals surface area contributed by atoms with Gasteiger partial charge >= 0.3 is 0 Å². The number of aliphatic hydroxyl groups is 16. The molecule has 30 heteroatoms. The minimum Gasteiger partial charge on any atom is -0.394 e. The first-order valence-corrected chi connectivity index (χ1v) is 36.5. The molecule has 18 N–H and O–H groups in total. The van der Waals surface area contributed by atoms with Gasteiger partial charge in [-0.1, -0.05) is 180 Å². The largest absolute Gasteiger partial charge is 0.394 e. The van der Waals surface area contributed by atoms with Gasteiger partial charge in [0.15, 0.2) is 31.5 Å². The molecule has 5 aliphatic heterocycles. The van der Waals surface area contributed by atoms with Crippen molar-refractivity contribution in [1.82, 2.24) is 10.6 Å². The molecule has 5 rings (SSSR count). The fourth-order valence-electron chi connectivity index (χ4n) is 13.2. The van der Waals surface area contributed by atoms with Crippen LogP contribution < -0.4 is 10.6 Å². The number of aliphatic hydroxyl groups excluding tert-OH is 16. The first-order valence-electron chi connectivity index (χ1n) is 36.5. The highest BCUT2D eigenvalue weighted by molar-refractivity contribution is 5.76. The molecule has 98 heavy (non-hydrogen) atoms. The number of carbonyl (C=O) groups excluding carboxylic acids is 2. The standard InChI is InChI=1S/C68H124N2O28/c1-4-6-8-10-12-14-16-18-19-21-23-25-27-29-31-33-48(78)70-41(42(77)32-30-28-26-24-22-20-17-15-13-11-9-7-5-2)39-89-65-57(86)54(83)61(46(37-74)93-65)97-68-59(88)63(51(80)44(35-72)91-68)98-64-49(69-40(3)76)52(81)60(45(36-73)92-64)95-67-58(87)55(84)62(47(38-75)94-67)96-66-56(85)53(82)50(79)43(34-71)90-66/h30,32,41-47,49-68,71-75,77,79-88H,4-29,31,33-39H2,1-3H3,(H,69,76)(H,70,78)/b32-30+/t41-,42+,43?,44?,45?,46?,47?,49?,50-,51-,52+,53-,54+,55+,56?,57?,58?,59?,60+,61+,62-,63-,64-,65+,66-,67-,68-/m0/s1. The Morgan fingerprint density at radius 3 is 1.20 bits per heavy atom. The fourth-order valence-corrected chi connectivity index (χ4v) is 13.2. The lowest BCUT2D eigenvalue weighted by Gasteiger charge is -2.50. The number of amides is 2. The van der Waals surface area contributed by atoms with Crippen molar-refractivity contribution in [2.75, 3.05) is 39.6 Å². The van der Waals surface area contributed by atoms with Crippen LogP contribution in [0.5, 0.6) is 0 Å². The number of carbonyl (C=O) groups is 2. The Bertz CT molecular complexity index is 2140. The molecular weight excluding hydrogens is 1290 g/mol. The molecule has 5 aliphatic rings. The molecule has 0 spiro atoms. The lowest BCUT2D eigenvalue weighted by atomic mass is 9.94. The molecule has 0 aromatic rings. The van der Waals surface area contributed by atoms with E-state index >= 15 is 0 Å². The van der Waals surface area contributed by atoms with E-state index in [1.165, 1.54) is 116 Å². The molecule has 27 atom stereocenters. The van der Waals surface area contributed by atoms with Gasteiger partial charge in [-0.05, 0) is 19.3 Å². The average molecular weight is 1420 g/mol. The van der Waals surface area contributed by atoms with Gasteiger partial charge in [-0.2, -0.15) is 0 Å². The van der Waals surface area contributed by atoms with E-state index in [1.807, 2.05) is 6.08 Å². The molecule has 0 saturated carbocycles. The van der Waals surface area contributed by atoms with Crippen molar-refractivity contribution in [3.63, 3.8) is 0 Å². The van der Waals surface area contributed by atoms with Crippen molar-refractivity contribution < 1.29 is 139 Å². The van der Waals surface area contributed by atoms with Gasteiger partial charge in [-0.25, -0.2) is 0 Å². The Hall–Kier alpha value is -2.36. The molecule has 5 saturated heterocycles. The highest BCUT2D eigenvalue weighted by Gasteiger charge is 2.57. The molecule has 5 heterocycles. The molecule has 5 fully saturated rings. The predicted molar refractivity (Wildman–Crippen MR) is 350 cm³/mol. The van der Waals surface area contributed by atoms with E-state index in [1.54, 1.807) is 6.08 Å². The second-order valence-electron chi connectivity index (χ2n) is 27.1. The predicted octanol–water partition coefficient (Wildman–Crippen LogP) is -0.392. The summed E-state index contributed by atoms with van der Waals surface area (Å²) in [5, 5.41) is 180. The van der Waals surface area contributed by atoms with Crippen LogP contribution >= 0.6 is 0 Å².